The first-order valence-electron chi connectivity index (χ1n) is 13.9. The van der Waals surface area contributed by atoms with Crippen LogP contribution in [0.5, 0.6) is 0 Å². The van der Waals surface area contributed by atoms with Gasteiger partial charge in [-0.1, -0.05) is 42.5 Å². The zero-order valence-electron chi connectivity index (χ0n) is 22.4. The Balaban J connectivity index is 1.21. The van der Waals surface area contributed by atoms with Crippen molar-refractivity contribution in [1.82, 2.24) is 29.5 Å². The molecular weight excluding hydrogens is 472 g/mol. The molecule has 2 aromatic carbocycles. The summed E-state index contributed by atoms with van der Waals surface area (Å²) < 4.78 is 2.13. The van der Waals surface area contributed by atoms with Crippen LogP contribution in [0.3, 0.4) is 0 Å². The molecule has 1 saturated heterocycles. The number of nitrogens with zero attached hydrogens (tertiary/aromatic N) is 6. The fourth-order valence-corrected chi connectivity index (χ4v) is 6.11. The van der Waals surface area contributed by atoms with Crippen molar-refractivity contribution in [2.75, 3.05) is 44.3 Å². The smallest absolute Gasteiger partial charge is 0.164 e. The van der Waals surface area contributed by atoms with Crippen LogP contribution < -0.4 is 11.1 Å². The van der Waals surface area contributed by atoms with Gasteiger partial charge in [-0.25, -0.2) is 14.6 Å². The van der Waals surface area contributed by atoms with Gasteiger partial charge in [0.05, 0.1) is 11.4 Å². The van der Waals surface area contributed by atoms with Crippen LogP contribution >= 0.6 is 0 Å². The summed E-state index contributed by atoms with van der Waals surface area (Å²) in [5, 5.41) is 9.57. The summed E-state index contributed by atoms with van der Waals surface area (Å²) in [7, 11) is 2.22. The van der Waals surface area contributed by atoms with Gasteiger partial charge in [0.2, 0.25) is 0 Å². The van der Waals surface area contributed by atoms with Crippen molar-refractivity contribution in [3.8, 4) is 11.3 Å². The highest BCUT2D eigenvalue weighted by molar-refractivity contribution is 5.98. The second-order valence-electron chi connectivity index (χ2n) is 10.9. The first-order valence-corrected chi connectivity index (χ1v) is 13.9. The van der Waals surface area contributed by atoms with Crippen LogP contribution in [0.25, 0.3) is 22.3 Å². The minimum atomic E-state index is 0.215. The maximum atomic E-state index is 6.40. The Morgan fingerprint density at radius 2 is 1.55 bits per heavy atom. The van der Waals surface area contributed by atoms with Gasteiger partial charge >= 0.3 is 0 Å². The number of nitrogens with one attached hydrogen (secondary N) is 1. The van der Waals surface area contributed by atoms with Crippen molar-refractivity contribution >= 4 is 22.5 Å². The summed E-state index contributed by atoms with van der Waals surface area (Å²) in [6, 6.07) is 20.2. The lowest BCUT2D eigenvalue weighted by Gasteiger charge is -2.41. The first-order chi connectivity index (χ1) is 18.6. The largest absolute Gasteiger partial charge is 0.383 e. The molecule has 3 N–H and O–H groups in total. The van der Waals surface area contributed by atoms with Crippen LogP contribution in [-0.4, -0.2) is 68.8 Å². The lowest BCUT2D eigenvalue weighted by molar-refractivity contribution is 0.0815. The van der Waals surface area contributed by atoms with E-state index in [4.69, 9.17) is 10.8 Å². The number of hydrogen-bond acceptors (Lipinski definition) is 7. The number of benzene rings is 2. The lowest BCUT2D eigenvalue weighted by atomic mass is 9.90. The van der Waals surface area contributed by atoms with Gasteiger partial charge in [0.15, 0.2) is 5.65 Å². The van der Waals surface area contributed by atoms with Crippen LogP contribution in [0.4, 0.5) is 11.5 Å². The third-order valence-electron chi connectivity index (χ3n) is 8.43. The summed E-state index contributed by atoms with van der Waals surface area (Å²) in [5.41, 5.74) is 11.5. The standard InChI is InChI=1S/C30H38N8/c1-21(22-6-4-3-5-7-22)34-24-10-8-23(9-11-24)28-27-29(31)32-20-33-30(27)38(35-28)26-14-12-25(13-15-26)37-18-16-36(2)17-19-37/h3-11,20-21,25-26,34H,12-19H2,1-2H3,(H2,31,32,33)/t21?,25-,26+. The van der Waals surface area contributed by atoms with Crippen molar-refractivity contribution in [3.05, 3.63) is 66.5 Å². The van der Waals surface area contributed by atoms with Crippen molar-refractivity contribution in [3.63, 3.8) is 0 Å². The van der Waals surface area contributed by atoms with Gasteiger partial charge in [-0.3, -0.25) is 4.90 Å². The van der Waals surface area contributed by atoms with Gasteiger partial charge in [-0.05, 0) is 57.4 Å². The van der Waals surface area contributed by atoms with E-state index in [1.54, 1.807) is 6.33 Å². The molecule has 0 radical (unpaired) electrons. The number of hydrogen-bond donors (Lipinski definition) is 2. The molecule has 1 aliphatic carbocycles. The molecule has 1 unspecified atom stereocenters. The molecule has 2 aromatic heterocycles. The summed E-state index contributed by atoms with van der Waals surface area (Å²) >= 11 is 0. The number of aromatic nitrogens is 4. The minimum Gasteiger partial charge on any atom is -0.383 e. The SMILES string of the molecule is CC(Nc1ccc(-c2nn([C@H]3CC[C@@H](N4CCN(C)CC4)CC3)c3ncnc(N)c23)cc1)c1ccccc1. The fourth-order valence-electron chi connectivity index (χ4n) is 6.11. The second-order valence-corrected chi connectivity index (χ2v) is 10.9. The topological polar surface area (TPSA) is 88.1 Å². The molecule has 3 heterocycles. The Morgan fingerprint density at radius 1 is 0.868 bits per heavy atom. The predicted molar refractivity (Wildman–Crippen MR) is 154 cm³/mol. The van der Waals surface area contributed by atoms with E-state index in [0.717, 1.165) is 40.8 Å². The molecule has 0 spiro atoms. The molecule has 1 atom stereocenters. The Kier molecular flexibility index (Phi) is 7.00. The normalized spacial score (nSPS) is 21.9. The second kappa shape index (κ2) is 10.7. The maximum absolute atomic E-state index is 6.40. The van der Waals surface area contributed by atoms with E-state index in [0.29, 0.717) is 17.9 Å². The Morgan fingerprint density at radius 3 is 2.26 bits per heavy atom. The molecule has 1 saturated carbocycles. The molecule has 4 aromatic rings. The van der Waals surface area contributed by atoms with Crippen LogP contribution in [0, 0.1) is 0 Å². The van der Waals surface area contributed by atoms with Gasteiger partial charge in [-0.15, -0.1) is 0 Å². The van der Waals surface area contributed by atoms with Crippen LogP contribution in [-0.2, 0) is 0 Å². The highest BCUT2D eigenvalue weighted by Crippen LogP contribution is 2.37. The summed E-state index contributed by atoms with van der Waals surface area (Å²) in [6.07, 6.45) is 6.18. The summed E-state index contributed by atoms with van der Waals surface area (Å²) in [4.78, 5) is 14.1. The number of likely N-dealkylation sites (N-methyl/N-ethyl adjacent to an activating group) is 1. The molecular formula is C30H38N8. The van der Waals surface area contributed by atoms with Crippen molar-refractivity contribution in [2.24, 2.45) is 0 Å². The molecule has 8 nitrogen and oxygen atoms in total. The molecule has 8 heteroatoms. The average Bonchev–Trinajstić information content (AvgIpc) is 3.35. The van der Waals surface area contributed by atoms with Crippen molar-refractivity contribution < 1.29 is 0 Å². The Labute approximate surface area is 224 Å². The molecule has 2 aliphatic rings. The summed E-state index contributed by atoms with van der Waals surface area (Å²) in [5.74, 6) is 0.488. The first kappa shape index (κ1) is 24.8. The number of piperazine rings is 1. The molecule has 38 heavy (non-hydrogen) atoms. The van der Waals surface area contributed by atoms with E-state index >= 15 is 0 Å². The molecule has 0 amide bonds. The molecule has 1 aliphatic heterocycles. The summed E-state index contributed by atoms with van der Waals surface area (Å²) in [6.45, 7) is 6.87. The lowest BCUT2D eigenvalue weighted by Crippen LogP contribution is -2.49. The van der Waals surface area contributed by atoms with Crippen molar-refractivity contribution in [2.45, 2.75) is 50.7 Å². The monoisotopic (exact) mass is 510 g/mol. The van der Waals surface area contributed by atoms with E-state index in [2.05, 4.69) is 92.3 Å². The molecule has 2 fully saturated rings. The Hall–Kier alpha value is -3.49. The maximum Gasteiger partial charge on any atom is 0.164 e. The third kappa shape index (κ3) is 4.98. The number of rotatable bonds is 6. The molecule has 6 rings (SSSR count). The van der Waals surface area contributed by atoms with Gasteiger partial charge in [0.25, 0.3) is 0 Å². The van der Waals surface area contributed by atoms with Crippen LogP contribution in [0.15, 0.2) is 60.9 Å². The quantitative estimate of drug-likeness (QED) is 0.378. The van der Waals surface area contributed by atoms with Gasteiger partial charge in [0.1, 0.15) is 17.8 Å². The molecule has 198 valence electrons. The number of anilines is 2. The zero-order valence-corrected chi connectivity index (χ0v) is 22.4. The Bertz CT molecular complexity index is 1350. The molecule has 0 bridgehead atoms. The van der Waals surface area contributed by atoms with Crippen LogP contribution in [0.1, 0.15) is 50.3 Å². The third-order valence-corrected chi connectivity index (χ3v) is 8.43. The minimum absolute atomic E-state index is 0.215. The number of fused-ring (bicyclic) bond motifs is 1. The van der Waals surface area contributed by atoms with Crippen molar-refractivity contribution in [1.29, 1.82) is 0 Å². The fraction of sp³-hybridized carbons (Fsp3) is 0.433. The predicted octanol–water partition coefficient (Wildman–Crippen LogP) is 4.98. The van der Waals surface area contributed by atoms with E-state index in [1.165, 1.54) is 44.6 Å². The average molecular weight is 511 g/mol. The number of nitrogens with two attached hydrogens (primary N) is 1. The van der Waals surface area contributed by atoms with Gasteiger partial charge in [0, 0.05) is 49.5 Å². The van der Waals surface area contributed by atoms with Crippen LogP contribution in [0.2, 0.25) is 0 Å². The number of nitrogen functional groups attached to an aromatic ring is 1. The highest BCUT2D eigenvalue weighted by Gasteiger charge is 2.30. The van der Waals surface area contributed by atoms with E-state index in [-0.39, 0.29) is 6.04 Å². The zero-order chi connectivity index (χ0) is 26.1. The van der Waals surface area contributed by atoms with Gasteiger partial charge in [-0.2, -0.15) is 5.10 Å². The van der Waals surface area contributed by atoms with Gasteiger partial charge < -0.3 is 16.0 Å². The van der Waals surface area contributed by atoms with E-state index in [9.17, 15) is 0 Å². The highest BCUT2D eigenvalue weighted by atomic mass is 15.3. The van der Waals surface area contributed by atoms with E-state index in [1.807, 2.05) is 6.07 Å². The van der Waals surface area contributed by atoms with E-state index < -0.39 is 0 Å².